The normalized spacial score (nSPS) is 26.6. The van der Waals surface area contributed by atoms with Crippen LogP contribution in [0.25, 0.3) is 0 Å². The van der Waals surface area contributed by atoms with E-state index in [1.807, 2.05) is 11.8 Å². The van der Waals surface area contributed by atoms with Gasteiger partial charge in [-0.05, 0) is 45.1 Å². The minimum atomic E-state index is -0.311. The van der Waals surface area contributed by atoms with Gasteiger partial charge >= 0.3 is 0 Å². The molecule has 0 radical (unpaired) electrons. The molecule has 2 fully saturated rings. The second-order valence-electron chi connectivity index (χ2n) is 5.60. The van der Waals surface area contributed by atoms with Gasteiger partial charge in [0, 0.05) is 13.1 Å². The molecule has 2 aliphatic rings. The molecule has 5 nitrogen and oxygen atoms in total. The average Bonchev–Trinajstić information content (AvgIpc) is 3.19. The first-order valence-electron chi connectivity index (χ1n) is 6.89. The average molecular weight is 253 g/mol. The van der Waals surface area contributed by atoms with Crippen molar-refractivity contribution < 1.29 is 9.59 Å². The smallest absolute Gasteiger partial charge is 0.234 e. The fraction of sp³-hybridized carbons (Fsp3) is 0.846. The molecule has 0 aromatic carbocycles. The number of primary amides is 1. The number of nitrogens with two attached hydrogens (primary N) is 1. The van der Waals surface area contributed by atoms with Crippen molar-refractivity contribution in [3.8, 4) is 0 Å². The number of nitrogens with zero attached hydrogens (tertiary/aromatic N) is 1. The van der Waals surface area contributed by atoms with Gasteiger partial charge < -0.3 is 11.1 Å². The van der Waals surface area contributed by atoms with Crippen molar-refractivity contribution in [2.45, 2.75) is 38.6 Å². The maximum Gasteiger partial charge on any atom is 0.234 e. The molecule has 102 valence electrons. The molecule has 1 saturated heterocycles. The molecule has 1 aliphatic heterocycles. The van der Waals surface area contributed by atoms with E-state index in [9.17, 15) is 9.59 Å². The fourth-order valence-electron chi connectivity index (χ4n) is 2.46. The lowest BCUT2D eigenvalue weighted by molar-refractivity contribution is -0.130. The number of carbonyl (C=O) groups excluding carboxylic acids is 2. The summed E-state index contributed by atoms with van der Waals surface area (Å²) in [6, 6.07) is -0.274. The van der Waals surface area contributed by atoms with Crippen LogP contribution in [-0.2, 0) is 9.59 Å². The Labute approximate surface area is 108 Å². The lowest BCUT2D eigenvalue weighted by Crippen LogP contribution is -2.50. The summed E-state index contributed by atoms with van der Waals surface area (Å²) < 4.78 is 0. The molecule has 2 rings (SSSR count). The third-order valence-corrected chi connectivity index (χ3v) is 4.04. The quantitative estimate of drug-likeness (QED) is 0.729. The minimum Gasteiger partial charge on any atom is -0.368 e. The molecule has 2 atom stereocenters. The molecule has 5 heteroatoms. The number of hydrogen-bond acceptors (Lipinski definition) is 3. The van der Waals surface area contributed by atoms with E-state index in [1.165, 1.54) is 12.8 Å². The van der Waals surface area contributed by atoms with Crippen molar-refractivity contribution in [3.05, 3.63) is 0 Å². The fourth-order valence-corrected chi connectivity index (χ4v) is 2.46. The Balaban J connectivity index is 1.81. The number of carbonyl (C=O) groups is 2. The van der Waals surface area contributed by atoms with Gasteiger partial charge in [-0.25, -0.2) is 0 Å². The van der Waals surface area contributed by atoms with E-state index in [-0.39, 0.29) is 23.8 Å². The predicted molar refractivity (Wildman–Crippen MR) is 68.7 cm³/mol. The summed E-state index contributed by atoms with van der Waals surface area (Å²) in [7, 11) is 0. The first kappa shape index (κ1) is 13.3. The monoisotopic (exact) mass is 253 g/mol. The summed E-state index contributed by atoms with van der Waals surface area (Å²) in [5, 5.41) is 3.02. The van der Waals surface area contributed by atoms with Gasteiger partial charge in [-0.15, -0.1) is 0 Å². The van der Waals surface area contributed by atoms with Gasteiger partial charge in [0.2, 0.25) is 11.8 Å². The third kappa shape index (κ3) is 3.45. The summed E-state index contributed by atoms with van der Waals surface area (Å²) >= 11 is 0. The molecule has 0 unspecified atom stereocenters. The Hall–Kier alpha value is -1.10. The van der Waals surface area contributed by atoms with Crippen LogP contribution in [0.4, 0.5) is 0 Å². The standard InChI is InChI=1S/C13H23N3O2/c1-9(12(14)17)16-6-2-3-11(8-16)13(18)15-7-10-4-5-10/h9-11H,2-8H2,1H3,(H2,14,17)(H,15,18)/t9-,11-/m0/s1. The lowest BCUT2D eigenvalue weighted by Gasteiger charge is -2.34. The summed E-state index contributed by atoms with van der Waals surface area (Å²) in [5.74, 6) is 0.551. The topological polar surface area (TPSA) is 75.4 Å². The van der Waals surface area contributed by atoms with E-state index in [0.29, 0.717) is 12.5 Å². The van der Waals surface area contributed by atoms with Crippen molar-refractivity contribution in [1.82, 2.24) is 10.2 Å². The highest BCUT2D eigenvalue weighted by Crippen LogP contribution is 2.28. The van der Waals surface area contributed by atoms with Crippen LogP contribution < -0.4 is 11.1 Å². The van der Waals surface area contributed by atoms with E-state index < -0.39 is 0 Å². The van der Waals surface area contributed by atoms with Crippen LogP contribution >= 0.6 is 0 Å². The van der Waals surface area contributed by atoms with E-state index >= 15 is 0 Å². The Morgan fingerprint density at radius 1 is 1.39 bits per heavy atom. The number of amides is 2. The Morgan fingerprint density at radius 2 is 2.11 bits per heavy atom. The molecule has 1 saturated carbocycles. The van der Waals surface area contributed by atoms with Gasteiger partial charge in [-0.2, -0.15) is 0 Å². The summed E-state index contributed by atoms with van der Waals surface area (Å²) in [4.78, 5) is 25.2. The highest BCUT2D eigenvalue weighted by atomic mass is 16.2. The van der Waals surface area contributed by atoms with Gasteiger partial charge in [0.25, 0.3) is 0 Å². The van der Waals surface area contributed by atoms with Crippen molar-refractivity contribution in [2.24, 2.45) is 17.6 Å². The van der Waals surface area contributed by atoms with Gasteiger partial charge in [-0.1, -0.05) is 0 Å². The van der Waals surface area contributed by atoms with E-state index in [0.717, 1.165) is 25.9 Å². The number of nitrogens with one attached hydrogen (secondary N) is 1. The van der Waals surface area contributed by atoms with Crippen molar-refractivity contribution in [3.63, 3.8) is 0 Å². The van der Waals surface area contributed by atoms with E-state index in [4.69, 9.17) is 5.73 Å². The van der Waals surface area contributed by atoms with E-state index in [2.05, 4.69) is 5.32 Å². The van der Waals surface area contributed by atoms with Crippen LogP contribution in [0.15, 0.2) is 0 Å². The molecule has 2 amide bonds. The Kier molecular flexibility index (Phi) is 4.22. The zero-order valence-corrected chi connectivity index (χ0v) is 11.0. The van der Waals surface area contributed by atoms with Crippen LogP contribution in [0.3, 0.4) is 0 Å². The van der Waals surface area contributed by atoms with Crippen LogP contribution in [0.5, 0.6) is 0 Å². The van der Waals surface area contributed by atoms with Gasteiger partial charge in [0.15, 0.2) is 0 Å². The number of likely N-dealkylation sites (tertiary alicyclic amines) is 1. The number of hydrogen-bond donors (Lipinski definition) is 2. The molecule has 1 aliphatic carbocycles. The zero-order valence-electron chi connectivity index (χ0n) is 11.0. The maximum atomic E-state index is 12.0. The Bertz CT molecular complexity index is 328. The molecule has 0 aromatic heterocycles. The highest BCUT2D eigenvalue weighted by molar-refractivity contribution is 5.80. The van der Waals surface area contributed by atoms with Crippen LogP contribution in [0, 0.1) is 11.8 Å². The molecule has 0 spiro atoms. The number of rotatable bonds is 5. The van der Waals surface area contributed by atoms with Crippen molar-refractivity contribution >= 4 is 11.8 Å². The first-order chi connectivity index (χ1) is 8.58. The van der Waals surface area contributed by atoms with E-state index in [1.54, 1.807) is 0 Å². The molecule has 0 bridgehead atoms. The minimum absolute atomic E-state index is 0.0132. The summed E-state index contributed by atoms with van der Waals surface area (Å²) in [6.45, 7) is 4.14. The van der Waals surface area contributed by atoms with Gasteiger partial charge in [0.05, 0.1) is 12.0 Å². The van der Waals surface area contributed by atoms with Gasteiger partial charge in [0.1, 0.15) is 0 Å². The van der Waals surface area contributed by atoms with Crippen molar-refractivity contribution in [1.29, 1.82) is 0 Å². The third-order valence-electron chi connectivity index (χ3n) is 4.04. The zero-order chi connectivity index (χ0) is 13.1. The SMILES string of the molecule is C[C@@H](C(N)=O)N1CCC[C@H](C(=O)NCC2CC2)C1. The van der Waals surface area contributed by atoms with Crippen molar-refractivity contribution in [2.75, 3.05) is 19.6 Å². The van der Waals surface area contributed by atoms with Crippen LogP contribution in [0.1, 0.15) is 32.6 Å². The van der Waals surface area contributed by atoms with Gasteiger partial charge in [-0.3, -0.25) is 14.5 Å². The summed E-state index contributed by atoms with van der Waals surface area (Å²) in [5.41, 5.74) is 5.31. The Morgan fingerprint density at radius 3 is 2.72 bits per heavy atom. The molecular weight excluding hydrogens is 230 g/mol. The molecular formula is C13H23N3O2. The summed E-state index contributed by atoms with van der Waals surface area (Å²) in [6.07, 6.45) is 4.36. The largest absolute Gasteiger partial charge is 0.368 e. The molecule has 1 heterocycles. The molecule has 0 aromatic rings. The lowest BCUT2D eigenvalue weighted by atomic mass is 9.96. The molecule has 3 N–H and O–H groups in total. The highest BCUT2D eigenvalue weighted by Gasteiger charge is 2.30. The number of piperidine rings is 1. The maximum absolute atomic E-state index is 12.0. The van der Waals surface area contributed by atoms with Crippen LogP contribution in [-0.4, -0.2) is 42.4 Å². The second kappa shape index (κ2) is 5.69. The first-order valence-corrected chi connectivity index (χ1v) is 6.89. The predicted octanol–water partition coefficient (Wildman–Crippen LogP) is 0.0984. The second-order valence-corrected chi connectivity index (χ2v) is 5.60. The molecule has 18 heavy (non-hydrogen) atoms. The van der Waals surface area contributed by atoms with Crippen LogP contribution in [0.2, 0.25) is 0 Å².